The van der Waals surface area contributed by atoms with Crippen LogP contribution in [0.4, 0.5) is 8.78 Å². The van der Waals surface area contributed by atoms with Crippen molar-refractivity contribution in [3.8, 4) is 0 Å². The average Bonchev–Trinajstić information content (AvgIpc) is 1.21. The molecule has 0 aliphatic heterocycles. The lowest BCUT2D eigenvalue weighted by atomic mass is 10.6. The minimum atomic E-state index is -3.08. The number of hydrogen-bond donors (Lipinski definition) is 0. The summed E-state index contributed by atoms with van der Waals surface area (Å²) in [5, 5.41) is 0. The summed E-state index contributed by atoms with van der Waals surface area (Å²) in [6.45, 7) is 5.18. The van der Waals surface area contributed by atoms with Gasteiger partial charge in [-0.3, -0.25) is 0 Å². The highest BCUT2D eigenvalue weighted by atomic mass is 19.3. The molecule has 8 heavy (non-hydrogen) atoms. The van der Waals surface area contributed by atoms with E-state index in [0.717, 1.165) is 0 Å². The van der Waals surface area contributed by atoms with Crippen molar-refractivity contribution in [2.75, 3.05) is 0 Å². The van der Waals surface area contributed by atoms with E-state index in [-0.39, 0.29) is 5.76 Å². The lowest BCUT2D eigenvalue weighted by Gasteiger charge is -2.11. The molecule has 48 valence electrons. The van der Waals surface area contributed by atoms with Gasteiger partial charge in [-0.1, -0.05) is 6.58 Å². The summed E-state index contributed by atoms with van der Waals surface area (Å²) in [4.78, 5) is 0. The smallest absolute Gasteiger partial charge is 0.394 e. The first-order chi connectivity index (χ1) is 3.42. The SMILES string of the molecule is C=C(C)OC(C)(F)F. The van der Waals surface area contributed by atoms with Gasteiger partial charge in [0.1, 0.15) is 0 Å². The fraction of sp³-hybridized carbons (Fsp3) is 0.600. The van der Waals surface area contributed by atoms with Crippen molar-refractivity contribution in [2.24, 2.45) is 0 Å². The first-order valence-electron chi connectivity index (χ1n) is 2.14. The van der Waals surface area contributed by atoms with Crippen molar-refractivity contribution in [3.63, 3.8) is 0 Å². The normalized spacial score (nSPS) is 11.0. The Kier molecular flexibility index (Phi) is 1.95. The molecule has 0 aromatic carbocycles. The average molecular weight is 122 g/mol. The summed E-state index contributed by atoms with van der Waals surface area (Å²) in [6.07, 6.45) is -3.08. The zero-order valence-corrected chi connectivity index (χ0v) is 4.87. The third kappa shape index (κ3) is 5.40. The van der Waals surface area contributed by atoms with Crippen molar-refractivity contribution < 1.29 is 13.5 Å². The van der Waals surface area contributed by atoms with Gasteiger partial charge in [-0.15, -0.1) is 0 Å². The zero-order valence-electron chi connectivity index (χ0n) is 4.87. The van der Waals surface area contributed by atoms with Crippen molar-refractivity contribution in [1.82, 2.24) is 0 Å². The quantitative estimate of drug-likeness (QED) is 0.510. The van der Waals surface area contributed by atoms with Crippen LogP contribution in [0, 0.1) is 0 Å². The molecule has 0 spiro atoms. The second-order valence-corrected chi connectivity index (χ2v) is 1.61. The molecule has 0 saturated carbocycles. The van der Waals surface area contributed by atoms with E-state index in [9.17, 15) is 8.78 Å². The topological polar surface area (TPSA) is 9.23 Å². The minimum Gasteiger partial charge on any atom is -0.438 e. The third-order valence-corrected chi connectivity index (χ3v) is 0.353. The van der Waals surface area contributed by atoms with Crippen LogP contribution >= 0.6 is 0 Å². The van der Waals surface area contributed by atoms with E-state index in [0.29, 0.717) is 6.92 Å². The lowest BCUT2D eigenvalue weighted by Crippen LogP contribution is -2.12. The molecule has 0 fully saturated rings. The largest absolute Gasteiger partial charge is 0.438 e. The molecule has 0 aromatic heterocycles. The van der Waals surface area contributed by atoms with Crippen LogP contribution in [-0.2, 0) is 4.74 Å². The van der Waals surface area contributed by atoms with Crippen LogP contribution in [0.5, 0.6) is 0 Å². The molecule has 0 N–H and O–H groups in total. The van der Waals surface area contributed by atoms with Gasteiger partial charge in [0.15, 0.2) is 0 Å². The van der Waals surface area contributed by atoms with Crippen molar-refractivity contribution >= 4 is 0 Å². The van der Waals surface area contributed by atoms with E-state index < -0.39 is 6.11 Å². The molecule has 0 atom stereocenters. The summed E-state index contributed by atoms with van der Waals surface area (Å²) in [5.41, 5.74) is 0. The Balaban J connectivity index is 3.55. The number of rotatable bonds is 2. The van der Waals surface area contributed by atoms with Crippen LogP contribution in [-0.4, -0.2) is 6.11 Å². The second-order valence-electron chi connectivity index (χ2n) is 1.61. The Bertz CT molecular complexity index is 93.1. The first-order valence-corrected chi connectivity index (χ1v) is 2.14. The van der Waals surface area contributed by atoms with Crippen molar-refractivity contribution in [2.45, 2.75) is 20.0 Å². The Morgan fingerprint density at radius 3 is 2.00 bits per heavy atom. The highest BCUT2D eigenvalue weighted by Crippen LogP contribution is 2.16. The van der Waals surface area contributed by atoms with Gasteiger partial charge < -0.3 is 4.74 Å². The monoisotopic (exact) mass is 122 g/mol. The molecule has 3 heteroatoms. The van der Waals surface area contributed by atoms with Crippen LogP contribution < -0.4 is 0 Å². The second kappa shape index (κ2) is 2.11. The molecule has 0 unspecified atom stereocenters. The van der Waals surface area contributed by atoms with E-state index >= 15 is 0 Å². The molecule has 0 aromatic rings. The fourth-order valence-corrected chi connectivity index (χ4v) is 0.306. The molecule has 0 aliphatic rings. The van der Waals surface area contributed by atoms with E-state index in [1.54, 1.807) is 0 Å². The van der Waals surface area contributed by atoms with Gasteiger partial charge in [0.05, 0.1) is 5.76 Å². The molecule has 0 amide bonds. The van der Waals surface area contributed by atoms with Crippen LogP contribution in [0.15, 0.2) is 12.3 Å². The summed E-state index contributed by atoms with van der Waals surface area (Å²) in [5.74, 6) is 0.0255. The van der Waals surface area contributed by atoms with Gasteiger partial charge in [0.25, 0.3) is 0 Å². The zero-order chi connectivity index (χ0) is 6.78. The number of halogens is 2. The van der Waals surface area contributed by atoms with Gasteiger partial charge in [-0.2, -0.15) is 8.78 Å². The maximum atomic E-state index is 11.7. The standard InChI is InChI=1S/C5H8F2O/c1-4(2)8-5(3,6)7/h1H2,2-3H3. The lowest BCUT2D eigenvalue weighted by molar-refractivity contribution is -0.197. The maximum absolute atomic E-state index is 11.7. The molecular formula is C5H8F2O. The summed E-state index contributed by atoms with van der Waals surface area (Å²) in [7, 11) is 0. The van der Waals surface area contributed by atoms with Crippen LogP contribution in [0.25, 0.3) is 0 Å². The minimum absolute atomic E-state index is 0.0255. The summed E-state index contributed by atoms with van der Waals surface area (Å²) in [6, 6.07) is 0. The van der Waals surface area contributed by atoms with Gasteiger partial charge in [-0.25, -0.2) is 0 Å². The van der Waals surface area contributed by atoms with Gasteiger partial charge >= 0.3 is 6.11 Å². The Morgan fingerprint density at radius 1 is 1.62 bits per heavy atom. The number of allylic oxidation sites excluding steroid dienone is 1. The molecule has 0 radical (unpaired) electrons. The van der Waals surface area contributed by atoms with E-state index in [1.165, 1.54) is 6.92 Å². The third-order valence-electron chi connectivity index (χ3n) is 0.353. The highest BCUT2D eigenvalue weighted by molar-refractivity contribution is 4.74. The van der Waals surface area contributed by atoms with Gasteiger partial charge in [0, 0.05) is 6.92 Å². The van der Waals surface area contributed by atoms with Crippen molar-refractivity contribution in [1.29, 1.82) is 0 Å². The van der Waals surface area contributed by atoms with Crippen LogP contribution in [0.3, 0.4) is 0 Å². The molecule has 0 aliphatic carbocycles. The molecule has 0 rings (SSSR count). The van der Waals surface area contributed by atoms with Crippen LogP contribution in [0.1, 0.15) is 13.8 Å². The molecule has 1 nitrogen and oxygen atoms in total. The van der Waals surface area contributed by atoms with E-state index in [2.05, 4.69) is 11.3 Å². The van der Waals surface area contributed by atoms with E-state index in [1.807, 2.05) is 0 Å². The molecule has 0 heterocycles. The molecular weight excluding hydrogens is 114 g/mol. The Labute approximate surface area is 47.0 Å². The maximum Gasteiger partial charge on any atom is 0.394 e. The fourth-order valence-electron chi connectivity index (χ4n) is 0.306. The summed E-state index contributed by atoms with van der Waals surface area (Å²) >= 11 is 0. The predicted molar refractivity (Wildman–Crippen MR) is 26.5 cm³/mol. The molecule has 0 saturated heterocycles. The van der Waals surface area contributed by atoms with Gasteiger partial charge in [0.2, 0.25) is 0 Å². The summed E-state index contributed by atoms with van der Waals surface area (Å²) < 4.78 is 27.3. The van der Waals surface area contributed by atoms with Gasteiger partial charge in [-0.05, 0) is 6.92 Å². The van der Waals surface area contributed by atoms with E-state index in [4.69, 9.17) is 0 Å². The number of hydrogen-bond acceptors (Lipinski definition) is 1. The Morgan fingerprint density at radius 2 is 2.00 bits per heavy atom. The predicted octanol–water partition coefficient (Wildman–Crippen LogP) is 2.15. The Hall–Kier alpha value is -0.600. The first kappa shape index (κ1) is 7.40. The number of alkyl halides is 2. The van der Waals surface area contributed by atoms with Crippen LogP contribution in [0.2, 0.25) is 0 Å². The highest BCUT2D eigenvalue weighted by Gasteiger charge is 2.21. The molecule has 0 bridgehead atoms. The number of ether oxygens (including phenoxy) is 1. The van der Waals surface area contributed by atoms with Crippen molar-refractivity contribution in [3.05, 3.63) is 12.3 Å².